The molecule has 1 heterocycles. The minimum absolute atomic E-state index is 0.0241. The van der Waals surface area contributed by atoms with Crippen LogP contribution in [0.3, 0.4) is 0 Å². The Kier molecular flexibility index (Phi) is 3.98. The fourth-order valence-corrected chi connectivity index (χ4v) is 3.05. The first-order chi connectivity index (χ1) is 8.88. The van der Waals surface area contributed by atoms with Crippen LogP contribution in [-0.4, -0.2) is 13.4 Å². The molecule has 8 heteroatoms. The molecule has 2 aromatic rings. The van der Waals surface area contributed by atoms with Gasteiger partial charge in [0.2, 0.25) is 0 Å². The van der Waals surface area contributed by atoms with Crippen molar-refractivity contribution in [1.29, 1.82) is 0 Å². The van der Waals surface area contributed by atoms with Gasteiger partial charge in [-0.05, 0) is 24.3 Å². The molecule has 0 aliphatic carbocycles. The molecule has 0 saturated carbocycles. The Labute approximate surface area is 124 Å². The van der Waals surface area contributed by atoms with Crippen molar-refractivity contribution in [3.05, 3.63) is 46.0 Å². The molecule has 0 bridgehead atoms. The summed E-state index contributed by atoms with van der Waals surface area (Å²) in [5, 5.41) is 0.300. The van der Waals surface area contributed by atoms with E-state index in [1.165, 1.54) is 18.3 Å². The second-order valence-corrected chi connectivity index (χ2v) is 6.65. The number of aromatic nitrogens is 1. The van der Waals surface area contributed by atoms with E-state index in [0.717, 1.165) is 0 Å². The van der Waals surface area contributed by atoms with Crippen LogP contribution >= 0.6 is 27.5 Å². The summed E-state index contributed by atoms with van der Waals surface area (Å²) in [6, 6.07) is 7.50. The molecule has 0 saturated heterocycles. The van der Waals surface area contributed by atoms with E-state index in [1.807, 2.05) is 0 Å². The molecular weight excluding hydrogens is 354 g/mol. The van der Waals surface area contributed by atoms with Crippen LogP contribution in [0.1, 0.15) is 0 Å². The average molecular weight is 363 g/mol. The Morgan fingerprint density at radius 1 is 1.26 bits per heavy atom. The Bertz CT molecular complexity index is 722. The number of benzene rings is 1. The quantitative estimate of drug-likeness (QED) is 0.879. The summed E-state index contributed by atoms with van der Waals surface area (Å²) in [6.07, 6.45) is 1.33. The number of halogens is 2. The maximum Gasteiger partial charge on any atom is 0.262 e. The molecular formula is C11H9BrClN3O2S. The molecule has 0 unspecified atom stereocenters. The standard InChI is InChI=1S/C11H9BrClN3O2S/c12-7-1-2-9(13)10(5-7)16-19(17,18)8-3-4-15-11(14)6-8/h1-6,16H,(H2,14,15). The van der Waals surface area contributed by atoms with Crippen molar-refractivity contribution < 1.29 is 8.42 Å². The van der Waals surface area contributed by atoms with Gasteiger partial charge >= 0.3 is 0 Å². The number of pyridine rings is 1. The van der Waals surface area contributed by atoms with Gasteiger partial charge in [0, 0.05) is 16.7 Å². The lowest BCUT2D eigenvalue weighted by molar-refractivity contribution is 0.601. The molecule has 5 nitrogen and oxygen atoms in total. The number of nitrogens with two attached hydrogens (primary N) is 1. The molecule has 0 aliphatic heterocycles. The molecule has 0 aliphatic rings. The first-order valence-corrected chi connectivity index (χ1v) is 7.73. The molecule has 3 N–H and O–H groups in total. The van der Waals surface area contributed by atoms with E-state index in [4.69, 9.17) is 17.3 Å². The van der Waals surface area contributed by atoms with Gasteiger partial charge in [-0.1, -0.05) is 27.5 Å². The van der Waals surface area contributed by atoms with Crippen LogP contribution in [0.2, 0.25) is 5.02 Å². The second kappa shape index (κ2) is 5.36. The number of hydrogen-bond acceptors (Lipinski definition) is 4. The fraction of sp³-hybridized carbons (Fsp3) is 0. The number of sulfonamides is 1. The van der Waals surface area contributed by atoms with E-state index in [-0.39, 0.29) is 16.4 Å². The van der Waals surface area contributed by atoms with Crippen LogP contribution in [0.25, 0.3) is 0 Å². The second-order valence-electron chi connectivity index (χ2n) is 3.65. The smallest absolute Gasteiger partial charge is 0.262 e. The van der Waals surface area contributed by atoms with Crippen LogP contribution in [0, 0.1) is 0 Å². The molecule has 0 atom stereocenters. The predicted octanol–water partition coefficient (Wildman–Crippen LogP) is 2.88. The van der Waals surface area contributed by atoms with Gasteiger partial charge in [-0.25, -0.2) is 13.4 Å². The van der Waals surface area contributed by atoms with Crippen molar-refractivity contribution in [2.24, 2.45) is 0 Å². The molecule has 19 heavy (non-hydrogen) atoms. The molecule has 1 aromatic carbocycles. The van der Waals surface area contributed by atoms with E-state index in [1.54, 1.807) is 18.2 Å². The first-order valence-electron chi connectivity index (χ1n) is 5.08. The molecule has 0 amide bonds. The zero-order valence-electron chi connectivity index (χ0n) is 9.47. The normalized spacial score (nSPS) is 11.3. The SMILES string of the molecule is Nc1cc(S(=O)(=O)Nc2cc(Br)ccc2Cl)ccn1. The summed E-state index contributed by atoms with van der Waals surface area (Å²) in [6.45, 7) is 0. The molecule has 0 radical (unpaired) electrons. The number of hydrogen-bond donors (Lipinski definition) is 2. The summed E-state index contributed by atoms with van der Waals surface area (Å²) in [5.74, 6) is 0.128. The van der Waals surface area contributed by atoms with Gasteiger partial charge in [0.05, 0.1) is 15.6 Å². The highest BCUT2D eigenvalue weighted by Crippen LogP contribution is 2.28. The highest BCUT2D eigenvalue weighted by molar-refractivity contribution is 9.10. The van der Waals surface area contributed by atoms with Gasteiger partial charge < -0.3 is 5.73 Å². The van der Waals surface area contributed by atoms with Crippen molar-refractivity contribution >= 4 is 49.1 Å². The fourth-order valence-electron chi connectivity index (χ4n) is 1.37. The van der Waals surface area contributed by atoms with Crippen LogP contribution in [0.15, 0.2) is 45.9 Å². The molecule has 100 valence electrons. The van der Waals surface area contributed by atoms with Crippen LogP contribution in [-0.2, 0) is 10.0 Å². The lowest BCUT2D eigenvalue weighted by Crippen LogP contribution is -2.13. The minimum Gasteiger partial charge on any atom is -0.384 e. The summed E-state index contributed by atoms with van der Waals surface area (Å²) in [4.78, 5) is 3.77. The Morgan fingerprint density at radius 3 is 2.68 bits per heavy atom. The topological polar surface area (TPSA) is 85.1 Å². The summed E-state index contributed by atoms with van der Waals surface area (Å²) in [5.41, 5.74) is 5.75. The van der Waals surface area contributed by atoms with Crippen molar-refractivity contribution in [3.8, 4) is 0 Å². The number of nitrogens with zero attached hydrogens (tertiary/aromatic N) is 1. The maximum absolute atomic E-state index is 12.1. The van der Waals surface area contributed by atoms with Crippen LogP contribution < -0.4 is 10.5 Å². The summed E-state index contributed by atoms with van der Waals surface area (Å²) < 4.78 is 27.4. The Balaban J connectivity index is 2.39. The van der Waals surface area contributed by atoms with E-state index >= 15 is 0 Å². The molecule has 0 fully saturated rings. The summed E-state index contributed by atoms with van der Waals surface area (Å²) >= 11 is 9.18. The third-order valence-corrected chi connectivity index (χ3v) is 4.42. The lowest BCUT2D eigenvalue weighted by atomic mass is 10.3. The first kappa shape index (κ1) is 14.1. The number of anilines is 2. The third-order valence-electron chi connectivity index (χ3n) is 2.24. The van der Waals surface area contributed by atoms with E-state index in [2.05, 4.69) is 25.6 Å². The third kappa shape index (κ3) is 3.37. The minimum atomic E-state index is -3.75. The van der Waals surface area contributed by atoms with E-state index in [9.17, 15) is 8.42 Å². The Hall–Kier alpha value is -1.31. The highest BCUT2D eigenvalue weighted by atomic mass is 79.9. The van der Waals surface area contributed by atoms with Crippen molar-refractivity contribution in [2.75, 3.05) is 10.5 Å². The number of rotatable bonds is 3. The lowest BCUT2D eigenvalue weighted by Gasteiger charge is -2.10. The van der Waals surface area contributed by atoms with E-state index in [0.29, 0.717) is 9.50 Å². The van der Waals surface area contributed by atoms with Crippen LogP contribution in [0.5, 0.6) is 0 Å². The highest BCUT2D eigenvalue weighted by Gasteiger charge is 2.16. The molecule has 2 rings (SSSR count). The molecule has 1 aromatic heterocycles. The zero-order chi connectivity index (χ0) is 14.0. The average Bonchev–Trinajstić information content (AvgIpc) is 2.33. The summed E-state index contributed by atoms with van der Waals surface area (Å²) in [7, 11) is -3.75. The van der Waals surface area contributed by atoms with Gasteiger partial charge in [0.1, 0.15) is 5.82 Å². The Morgan fingerprint density at radius 2 is 2.00 bits per heavy atom. The van der Waals surface area contributed by atoms with Gasteiger partial charge in [0.15, 0.2) is 0 Å². The van der Waals surface area contributed by atoms with Gasteiger partial charge in [0.25, 0.3) is 10.0 Å². The number of nitrogens with one attached hydrogen (secondary N) is 1. The van der Waals surface area contributed by atoms with E-state index < -0.39 is 10.0 Å². The maximum atomic E-state index is 12.1. The predicted molar refractivity (Wildman–Crippen MR) is 78.6 cm³/mol. The monoisotopic (exact) mass is 361 g/mol. The van der Waals surface area contributed by atoms with Gasteiger partial charge in [-0.3, -0.25) is 4.72 Å². The van der Waals surface area contributed by atoms with Crippen molar-refractivity contribution in [3.63, 3.8) is 0 Å². The van der Waals surface area contributed by atoms with Crippen molar-refractivity contribution in [1.82, 2.24) is 4.98 Å². The van der Waals surface area contributed by atoms with Crippen LogP contribution in [0.4, 0.5) is 11.5 Å². The number of nitrogen functional groups attached to an aromatic ring is 1. The zero-order valence-corrected chi connectivity index (χ0v) is 12.6. The largest absolute Gasteiger partial charge is 0.384 e. The molecule has 0 spiro atoms. The van der Waals surface area contributed by atoms with Gasteiger partial charge in [-0.2, -0.15) is 0 Å². The van der Waals surface area contributed by atoms with Gasteiger partial charge in [-0.15, -0.1) is 0 Å². The van der Waals surface area contributed by atoms with Crippen molar-refractivity contribution in [2.45, 2.75) is 4.90 Å².